The van der Waals surface area contributed by atoms with Crippen LogP contribution in [-0.2, 0) is 16.1 Å². The van der Waals surface area contributed by atoms with Crippen LogP contribution in [0.1, 0.15) is 12.0 Å². The Morgan fingerprint density at radius 1 is 1.09 bits per heavy atom. The van der Waals surface area contributed by atoms with Gasteiger partial charge in [-0.2, -0.15) is 0 Å². The minimum atomic E-state index is -0.845. The van der Waals surface area contributed by atoms with E-state index in [4.69, 9.17) is 28.6 Å². The quantitative estimate of drug-likeness (QED) is 0.464. The lowest BCUT2D eigenvalue weighted by Crippen LogP contribution is -2.37. The van der Waals surface area contributed by atoms with Crippen molar-refractivity contribution < 1.29 is 18.7 Å². The number of benzene rings is 3. The third-order valence-electron chi connectivity index (χ3n) is 5.44. The predicted molar refractivity (Wildman–Crippen MR) is 134 cm³/mol. The molecule has 4 rings (SSSR count). The maximum atomic E-state index is 13.5. The molecule has 1 heterocycles. The van der Waals surface area contributed by atoms with Crippen LogP contribution < -0.4 is 15.0 Å². The zero-order valence-corrected chi connectivity index (χ0v) is 19.8. The van der Waals surface area contributed by atoms with Gasteiger partial charge in [0.1, 0.15) is 17.6 Å². The lowest BCUT2D eigenvalue weighted by atomic mass is 10.1. The summed E-state index contributed by atoms with van der Waals surface area (Å²) in [4.78, 5) is 29.3. The highest BCUT2D eigenvalue weighted by Crippen LogP contribution is 2.30. The highest BCUT2D eigenvalue weighted by atomic mass is 35.5. The van der Waals surface area contributed by atoms with E-state index in [0.717, 1.165) is 5.56 Å². The summed E-state index contributed by atoms with van der Waals surface area (Å²) in [5, 5.41) is 3.39. The van der Waals surface area contributed by atoms with E-state index < -0.39 is 11.9 Å². The van der Waals surface area contributed by atoms with Crippen molar-refractivity contribution in [1.82, 2.24) is 4.90 Å². The molecular formula is C25H21ClFN3O3S. The summed E-state index contributed by atoms with van der Waals surface area (Å²) in [5.74, 6) is -0.464. The average Bonchev–Trinajstić information content (AvgIpc) is 3.05. The zero-order valence-electron chi connectivity index (χ0n) is 18.2. The van der Waals surface area contributed by atoms with Gasteiger partial charge in [0.05, 0.1) is 29.9 Å². The van der Waals surface area contributed by atoms with Crippen molar-refractivity contribution in [3.05, 3.63) is 89.2 Å². The van der Waals surface area contributed by atoms with Gasteiger partial charge in [0, 0.05) is 6.54 Å². The van der Waals surface area contributed by atoms with Crippen molar-refractivity contribution in [2.45, 2.75) is 19.0 Å². The van der Waals surface area contributed by atoms with Gasteiger partial charge in [-0.3, -0.25) is 14.5 Å². The van der Waals surface area contributed by atoms with Crippen LogP contribution in [0.5, 0.6) is 5.75 Å². The summed E-state index contributed by atoms with van der Waals surface area (Å²) >= 11 is 11.8. The van der Waals surface area contributed by atoms with E-state index in [1.165, 1.54) is 29.2 Å². The molecule has 1 fully saturated rings. The number of amides is 2. The van der Waals surface area contributed by atoms with Gasteiger partial charge in [0.15, 0.2) is 5.11 Å². The van der Waals surface area contributed by atoms with Gasteiger partial charge < -0.3 is 15.0 Å². The third kappa shape index (κ3) is 5.03. The lowest BCUT2D eigenvalue weighted by Gasteiger charge is -2.24. The Morgan fingerprint density at radius 2 is 1.76 bits per heavy atom. The van der Waals surface area contributed by atoms with Crippen molar-refractivity contribution in [1.29, 1.82) is 0 Å². The second-order valence-corrected chi connectivity index (χ2v) is 8.43. The number of hydrogen-bond acceptors (Lipinski definition) is 4. The summed E-state index contributed by atoms with van der Waals surface area (Å²) in [6.45, 7) is 0.302. The third-order valence-corrected chi connectivity index (χ3v) is 6.19. The molecule has 1 N–H and O–H groups in total. The molecular weight excluding hydrogens is 477 g/mol. The van der Waals surface area contributed by atoms with Crippen molar-refractivity contribution in [3.63, 3.8) is 0 Å². The number of nitrogens with one attached hydrogen (secondary N) is 1. The number of hydrogen-bond donors (Lipinski definition) is 1. The number of halogens is 2. The van der Waals surface area contributed by atoms with Crippen molar-refractivity contribution in [2.24, 2.45) is 0 Å². The summed E-state index contributed by atoms with van der Waals surface area (Å²) < 4.78 is 18.7. The van der Waals surface area contributed by atoms with E-state index >= 15 is 0 Å². The van der Waals surface area contributed by atoms with Gasteiger partial charge in [-0.25, -0.2) is 4.39 Å². The zero-order chi connectivity index (χ0) is 24.2. The first-order valence-electron chi connectivity index (χ1n) is 10.4. The van der Waals surface area contributed by atoms with Crippen molar-refractivity contribution in [3.8, 4) is 5.75 Å². The fourth-order valence-corrected chi connectivity index (χ4v) is 4.28. The van der Waals surface area contributed by atoms with Crippen LogP contribution in [0.15, 0.2) is 72.8 Å². The normalized spacial score (nSPS) is 15.6. The Morgan fingerprint density at radius 3 is 2.41 bits per heavy atom. The number of nitrogens with zero attached hydrogens (tertiary/aromatic N) is 2. The average molecular weight is 498 g/mol. The fourth-order valence-electron chi connectivity index (χ4n) is 3.71. The Labute approximate surface area is 206 Å². The number of carbonyl (C=O) groups is 2. The van der Waals surface area contributed by atoms with Crippen LogP contribution in [-0.4, -0.2) is 35.0 Å². The molecule has 34 heavy (non-hydrogen) atoms. The number of ether oxygens (including phenoxy) is 1. The number of carbonyl (C=O) groups excluding carboxylic acids is 2. The summed E-state index contributed by atoms with van der Waals surface area (Å²) in [6.07, 6.45) is -0.141. The molecule has 1 atom stereocenters. The molecule has 0 saturated carbocycles. The molecule has 1 saturated heterocycles. The molecule has 0 spiro atoms. The number of rotatable bonds is 7. The number of methoxy groups -OCH3 is 1. The Kier molecular flexibility index (Phi) is 7.09. The summed E-state index contributed by atoms with van der Waals surface area (Å²) in [5.41, 5.74) is 1.78. The standard InChI is InChI=1S/C25H21ClFN3O3S/c1-33-19-12-6-16(7-13-19)15-29-22(14-23(31)28-21-5-3-2-4-20(21)26)24(32)30(25(29)34)18-10-8-17(27)9-11-18/h2-13,22H,14-15H2,1H3,(H,28,31). The van der Waals surface area contributed by atoms with Gasteiger partial charge in [-0.05, 0) is 66.3 Å². The molecule has 0 radical (unpaired) electrons. The second-order valence-electron chi connectivity index (χ2n) is 7.66. The van der Waals surface area contributed by atoms with E-state index in [2.05, 4.69) is 5.32 Å². The monoisotopic (exact) mass is 497 g/mol. The maximum Gasteiger partial charge on any atom is 0.256 e. The molecule has 0 bridgehead atoms. The molecule has 1 aliphatic rings. The molecule has 0 aliphatic carbocycles. The minimum Gasteiger partial charge on any atom is -0.497 e. The molecule has 0 aromatic heterocycles. The van der Waals surface area contributed by atoms with E-state index in [9.17, 15) is 14.0 Å². The number of para-hydroxylation sites is 1. The van der Waals surface area contributed by atoms with Gasteiger partial charge in [-0.15, -0.1) is 0 Å². The first-order valence-corrected chi connectivity index (χ1v) is 11.2. The number of thiocarbonyl (C=S) groups is 1. The van der Waals surface area contributed by atoms with Gasteiger partial charge in [-0.1, -0.05) is 35.9 Å². The van der Waals surface area contributed by atoms with Crippen LogP contribution in [0.2, 0.25) is 5.02 Å². The SMILES string of the molecule is COc1ccc(CN2C(=S)N(c3ccc(F)cc3)C(=O)C2CC(=O)Nc2ccccc2Cl)cc1. The molecule has 1 aliphatic heterocycles. The van der Waals surface area contributed by atoms with Gasteiger partial charge in [0.2, 0.25) is 5.91 Å². The summed E-state index contributed by atoms with van der Waals surface area (Å²) in [6, 6.07) is 18.9. The van der Waals surface area contributed by atoms with E-state index in [1.807, 2.05) is 24.3 Å². The van der Waals surface area contributed by atoms with Gasteiger partial charge >= 0.3 is 0 Å². The smallest absolute Gasteiger partial charge is 0.256 e. The maximum absolute atomic E-state index is 13.5. The minimum absolute atomic E-state index is 0.141. The van der Waals surface area contributed by atoms with Crippen LogP contribution in [0.25, 0.3) is 0 Å². The summed E-state index contributed by atoms with van der Waals surface area (Å²) in [7, 11) is 1.58. The Bertz CT molecular complexity index is 1220. The van der Waals surface area contributed by atoms with Crippen LogP contribution in [0.3, 0.4) is 0 Å². The first kappa shape index (κ1) is 23.7. The molecule has 174 valence electrons. The highest BCUT2D eigenvalue weighted by molar-refractivity contribution is 7.80. The first-order chi connectivity index (χ1) is 16.4. The molecule has 2 amide bonds. The topological polar surface area (TPSA) is 61.9 Å². The number of anilines is 2. The van der Waals surface area contributed by atoms with Crippen molar-refractivity contribution >= 4 is 52.1 Å². The predicted octanol–water partition coefficient (Wildman–Crippen LogP) is 5.02. The van der Waals surface area contributed by atoms with E-state index in [0.29, 0.717) is 28.7 Å². The van der Waals surface area contributed by atoms with E-state index in [1.54, 1.807) is 36.3 Å². The molecule has 6 nitrogen and oxygen atoms in total. The Balaban J connectivity index is 1.61. The Hall–Kier alpha value is -3.49. The van der Waals surface area contributed by atoms with Crippen LogP contribution in [0, 0.1) is 5.82 Å². The van der Waals surface area contributed by atoms with Crippen LogP contribution in [0.4, 0.5) is 15.8 Å². The molecule has 9 heteroatoms. The highest BCUT2D eigenvalue weighted by Gasteiger charge is 2.44. The van der Waals surface area contributed by atoms with Crippen LogP contribution >= 0.6 is 23.8 Å². The van der Waals surface area contributed by atoms with Crippen molar-refractivity contribution in [2.75, 3.05) is 17.3 Å². The largest absolute Gasteiger partial charge is 0.497 e. The second kappa shape index (κ2) is 10.2. The van der Waals surface area contributed by atoms with E-state index in [-0.39, 0.29) is 23.3 Å². The lowest BCUT2D eigenvalue weighted by molar-refractivity contribution is -0.124. The molecule has 3 aromatic rings. The van der Waals surface area contributed by atoms with Gasteiger partial charge in [0.25, 0.3) is 5.91 Å². The fraction of sp³-hybridized carbons (Fsp3) is 0.160. The molecule has 3 aromatic carbocycles. The molecule has 1 unspecified atom stereocenters.